The molecule has 278 valence electrons. The number of nitrogens with zero attached hydrogens (tertiary/aromatic N) is 4. The van der Waals surface area contributed by atoms with Gasteiger partial charge >= 0.3 is 0 Å². The van der Waals surface area contributed by atoms with Gasteiger partial charge in [0.05, 0.1) is 36.0 Å². The third-order valence-corrected chi connectivity index (χ3v) is 13.7. The first-order valence-corrected chi connectivity index (χ1v) is 20.7. The average molecular weight is 763 g/mol. The summed E-state index contributed by atoms with van der Waals surface area (Å²) >= 11 is 0. The Morgan fingerprint density at radius 2 is 1.12 bits per heavy atom. The van der Waals surface area contributed by atoms with Crippen LogP contribution in [0.15, 0.2) is 205 Å². The third kappa shape index (κ3) is 4.43. The monoisotopic (exact) mass is 762 g/mol. The zero-order valence-electron chi connectivity index (χ0n) is 32.4. The number of anilines is 4. The molecule has 7 aromatic carbocycles. The SMILES string of the molecule is [C-]#[N+]C1=CC2C3C(=C1)C=CC=C3c1ccccc1N2c1cc2c3ccccc3c3cc(N4c5ccccc5C5=CC=CC6=CC(C#N)=CC4C65)ccc3c2c2ccccc12. The third-order valence-electron chi connectivity index (χ3n) is 13.7. The predicted octanol–water partition coefficient (Wildman–Crippen LogP) is 13.6. The van der Waals surface area contributed by atoms with E-state index in [-0.39, 0.29) is 23.9 Å². The average Bonchev–Trinajstić information content (AvgIpc) is 3.31. The molecule has 0 N–H and O–H groups in total. The molecule has 2 aliphatic heterocycles. The van der Waals surface area contributed by atoms with E-state index in [0.29, 0.717) is 11.3 Å². The highest BCUT2D eigenvalue weighted by Crippen LogP contribution is 2.55. The van der Waals surface area contributed by atoms with Gasteiger partial charge in [-0.1, -0.05) is 140 Å². The Morgan fingerprint density at radius 3 is 1.82 bits per heavy atom. The quantitative estimate of drug-likeness (QED) is 0.130. The van der Waals surface area contributed by atoms with E-state index in [1.54, 1.807) is 0 Å². The fourth-order valence-electron chi connectivity index (χ4n) is 11.3. The summed E-state index contributed by atoms with van der Waals surface area (Å²) in [6.45, 7) is 8.09. The summed E-state index contributed by atoms with van der Waals surface area (Å²) in [5.74, 6) is 0.239. The molecule has 0 bridgehead atoms. The van der Waals surface area contributed by atoms with E-state index >= 15 is 0 Å². The fourth-order valence-corrected chi connectivity index (χ4v) is 11.3. The highest BCUT2D eigenvalue weighted by Gasteiger charge is 2.43. The highest BCUT2D eigenvalue weighted by molar-refractivity contribution is 6.33. The van der Waals surface area contributed by atoms with E-state index in [4.69, 9.17) is 6.57 Å². The first kappa shape index (κ1) is 33.1. The molecule has 0 amide bonds. The molecule has 4 aliphatic carbocycles. The van der Waals surface area contributed by atoms with Crippen molar-refractivity contribution in [3.05, 3.63) is 227 Å². The largest absolute Gasteiger partial charge is 0.334 e. The van der Waals surface area contributed by atoms with E-state index < -0.39 is 0 Å². The topological polar surface area (TPSA) is 34.6 Å². The number of nitriles is 1. The maximum Gasteiger partial charge on any atom is 0.185 e. The van der Waals surface area contributed by atoms with E-state index in [9.17, 15) is 5.26 Å². The molecule has 0 saturated heterocycles. The molecule has 0 saturated carbocycles. The van der Waals surface area contributed by atoms with Crippen molar-refractivity contribution < 1.29 is 0 Å². The van der Waals surface area contributed by atoms with Crippen LogP contribution in [-0.2, 0) is 0 Å². The highest BCUT2D eigenvalue weighted by atomic mass is 15.2. The zero-order valence-corrected chi connectivity index (χ0v) is 32.4. The fraction of sp³-hybridized carbons (Fsp3) is 0.0714. The van der Waals surface area contributed by atoms with Gasteiger partial charge in [-0.15, -0.1) is 0 Å². The zero-order chi connectivity index (χ0) is 39.6. The van der Waals surface area contributed by atoms with Crippen molar-refractivity contribution >= 4 is 77.0 Å². The molecule has 4 atom stereocenters. The summed E-state index contributed by atoms with van der Waals surface area (Å²) in [6.07, 6.45) is 21.6. The second kappa shape index (κ2) is 12.3. The number of para-hydroxylation sites is 2. The number of hydrogen-bond acceptors (Lipinski definition) is 3. The van der Waals surface area contributed by atoms with E-state index in [0.717, 1.165) is 22.7 Å². The van der Waals surface area contributed by atoms with Crippen LogP contribution in [0.25, 0.3) is 59.1 Å². The standard InChI is InChI=1S/C56H34N4/c1-58-36-28-35-13-11-21-44-41-17-7-9-23-50(41)60(53(29-36)55(35)44)51-31-48-39-15-3-2-14-38(39)47-30-37(24-25-46(47)56(48)45-19-5-4-18-42(45)51)59-49-22-8-6-16-40(49)43-20-10-12-34-26-33(32-57)27-52(59)54(34)43/h2-31,52-55H. The minimum Gasteiger partial charge on any atom is -0.334 e. The van der Waals surface area contributed by atoms with E-state index in [1.165, 1.54) is 76.5 Å². The summed E-state index contributed by atoms with van der Waals surface area (Å²) in [6, 6.07) is 47.0. The van der Waals surface area contributed by atoms with Crippen LogP contribution in [0.3, 0.4) is 0 Å². The van der Waals surface area contributed by atoms with Crippen LogP contribution < -0.4 is 9.80 Å². The second-order valence-electron chi connectivity index (χ2n) is 16.5. The van der Waals surface area contributed by atoms with Crippen molar-refractivity contribution in [2.75, 3.05) is 9.80 Å². The molecule has 4 unspecified atom stereocenters. The summed E-state index contributed by atoms with van der Waals surface area (Å²) in [7, 11) is 0. The molecule has 13 rings (SSSR count). The molecule has 4 heteroatoms. The molecule has 6 aliphatic rings. The molecule has 4 nitrogen and oxygen atoms in total. The lowest BCUT2D eigenvalue weighted by Crippen LogP contribution is -2.43. The van der Waals surface area contributed by atoms with Crippen LogP contribution in [0.1, 0.15) is 11.1 Å². The Hall–Kier alpha value is -7.92. The number of rotatable bonds is 2. The van der Waals surface area contributed by atoms with Gasteiger partial charge in [0.15, 0.2) is 5.70 Å². The van der Waals surface area contributed by atoms with Crippen LogP contribution in [-0.4, -0.2) is 12.1 Å². The lowest BCUT2D eigenvalue weighted by Gasteiger charge is -2.47. The van der Waals surface area contributed by atoms with Crippen LogP contribution in [0, 0.1) is 29.7 Å². The molecule has 0 aromatic heterocycles. The van der Waals surface area contributed by atoms with Crippen molar-refractivity contribution in [3.63, 3.8) is 0 Å². The van der Waals surface area contributed by atoms with Crippen LogP contribution >= 0.6 is 0 Å². The van der Waals surface area contributed by atoms with Gasteiger partial charge in [0.2, 0.25) is 0 Å². The van der Waals surface area contributed by atoms with Gasteiger partial charge in [0, 0.05) is 45.4 Å². The number of allylic oxidation sites excluding steroid dienone is 9. The molecule has 7 aromatic rings. The summed E-state index contributed by atoms with van der Waals surface area (Å²) in [5, 5.41) is 19.8. The molecule has 0 radical (unpaired) electrons. The Labute approximate surface area is 347 Å². The Kier molecular flexibility index (Phi) is 6.78. The first-order valence-electron chi connectivity index (χ1n) is 20.7. The summed E-state index contributed by atoms with van der Waals surface area (Å²) < 4.78 is 0. The van der Waals surface area contributed by atoms with Crippen LogP contribution in [0.4, 0.5) is 22.7 Å². The number of hydrogen-bond donors (Lipinski definition) is 0. The van der Waals surface area contributed by atoms with Crippen molar-refractivity contribution in [1.29, 1.82) is 5.26 Å². The minimum absolute atomic E-state index is 0.0479. The summed E-state index contributed by atoms with van der Waals surface area (Å²) in [5.41, 5.74) is 13.4. The van der Waals surface area contributed by atoms with Crippen molar-refractivity contribution in [2.45, 2.75) is 12.1 Å². The predicted molar refractivity (Wildman–Crippen MR) is 247 cm³/mol. The van der Waals surface area contributed by atoms with Gasteiger partial charge in [-0.2, -0.15) is 5.26 Å². The van der Waals surface area contributed by atoms with Gasteiger partial charge in [-0.05, 0) is 102 Å². The first-order chi connectivity index (χ1) is 29.7. The minimum atomic E-state index is -0.0662. The number of benzene rings is 7. The molecular weight excluding hydrogens is 729 g/mol. The Balaban J connectivity index is 1.08. The molecule has 2 heterocycles. The lowest BCUT2D eigenvalue weighted by atomic mass is 9.71. The van der Waals surface area contributed by atoms with Crippen molar-refractivity contribution in [3.8, 4) is 6.07 Å². The summed E-state index contributed by atoms with van der Waals surface area (Å²) in [4.78, 5) is 8.97. The van der Waals surface area contributed by atoms with E-state index in [2.05, 4.69) is 203 Å². The van der Waals surface area contributed by atoms with Gasteiger partial charge in [-0.3, -0.25) is 0 Å². The molecular formula is C56H34N4. The Bertz CT molecular complexity index is 3500. The lowest BCUT2D eigenvalue weighted by molar-refractivity contribution is 0.636. The van der Waals surface area contributed by atoms with Gasteiger partial charge < -0.3 is 9.80 Å². The van der Waals surface area contributed by atoms with Crippen LogP contribution in [0.2, 0.25) is 0 Å². The maximum atomic E-state index is 10.2. The van der Waals surface area contributed by atoms with E-state index in [1.807, 2.05) is 0 Å². The van der Waals surface area contributed by atoms with Gasteiger partial charge in [0.25, 0.3) is 0 Å². The normalized spacial score (nSPS) is 21.7. The second-order valence-corrected chi connectivity index (χ2v) is 16.5. The number of fused-ring (bicyclic) bond motifs is 12. The van der Waals surface area contributed by atoms with Gasteiger partial charge in [-0.25, -0.2) is 4.85 Å². The van der Waals surface area contributed by atoms with Gasteiger partial charge in [0.1, 0.15) is 0 Å². The smallest absolute Gasteiger partial charge is 0.185 e. The van der Waals surface area contributed by atoms with Crippen molar-refractivity contribution in [1.82, 2.24) is 0 Å². The molecule has 0 fully saturated rings. The maximum absolute atomic E-state index is 10.2. The molecule has 60 heavy (non-hydrogen) atoms. The van der Waals surface area contributed by atoms with Crippen molar-refractivity contribution in [2.24, 2.45) is 11.8 Å². The molecule has 0 spiro atoms. The Morgan fingerprint density at radius 1 is 0.533 bits per heavy atom. The van der Waals surface area contributed by atoms with Crippen LogP contribution in [0.5, 0.6) is 0 Å².